The second kappa shape index (κ2) is 5.55. The van der Waals surface area contributed by atoms with Crippen molar-refractivity contribution < 1.29 is 9.53 Å². The largest absolute Gasteiger partial charge is 0.496 e. The number of hydrogen-bond donors (Lipinski definition) is 0. The third-order valence-electron chi connectivity index (χ3n) is 2.65. The summed E-state index contributed by atoms with van der Waals surface area (Å²) in [7, 11) is 0. The molecule has 0 N–H and O–H groups in total. The zero-order valence-electron chi connectivity index (χ0n) is 9.68. The van der Waals surface area contributed by atoms with E-state index in [0.29, 0.717) is 6.61 Å². The van der Waals surface area contributed by atoms with Crippen molar-refractivity contribution >= 4 is 17.4 Å². The highest BCUT2D eigenvalue weighted by Gasteiger charge is 2.28. The van der Waals surface area contributed by atoms with Crippen LogP contribution in [0, 0.1) is 5.92 Å². The Bertz CT molecular complexity index is 263. The first-order valence-corrected chi connectivity index (χ1v) is 6.04. The number of carbonyl (C=O) groups is 1. The number of carbonyl (C=O) groups excluding carboxylic acids is 1. The predicted octanol–water partition coefficient (Wildman–Crippen LogP) is 3.29. The van der Waals surface area contributed by atoms with Crippen molar-refractivity contribution in [3.05, 3.63) is 11.3 Å². The molecule has 0 amide bonds. The Hall–Kier alpha value is -0.500. The Labute approximate surface area is 96.6 Å². The first-order chi connectivity index (χ1) is 7.07. The van der Waals surface area contributed by atoms with Gasteiger partial charge in [-0.3, -0.25) is 4.79 Å². The van der Waals surface area contributed by atoms with Crippen LogP contribution in [0.25, 0.3) is 0 Å². The summed E-state index contributed by atoms with van der Waals surface area (Å²) in [6.45, 7) is 6.23. The summed E-state index contributed by atoms with van der Waals surface area (Å²) in [5.74, 6) is 0.743. The first-order valence-electron chi connectivity index (χ1n) is 5.60. The fourth-order valence-electron chi connectivity index (χ4n) is 1.53. The van der Waals surface area contributed by atoms with E-state index >= 15 is 0 Å². The Morgan fingerprint density at radius 3 is 2.40 bits per heavy atom. The van der Waals surface area contributed by atoms with Gasteiger partial charge < -0.3 is 4.74 Å². The molecule has 86 valence electrons. The molecule has 2 nitrogen and oxygen atoms in total. The molecule has 0 aromatic heterocycles. The average molecular weight is 231 g/mol. The summed E-state index contributed by atoms with van der Waals surface area (Å²) in [5.41, 5.74) is 1.23. The molecule has 0 bridgehead atoms. The maximum Gasteiger partial charge on any atom is 0.160 e. The van der Waals surface area contributed by atoms with Crippen molar-refractivity contribution in [2.45, 2.75) is 45.4 Å². The van der Waals surface area contributed by atoms with E-state index in [-0.39, 0.29) is 11.7 Å². The molecule has 1 fully saturated rings. The van der Waals surface area contributed by atoms with Gasteiger partial charge in [0.15, 0.2) is 5.78 Å². The molecule has 0 aromatic rings. The summed E-state index contributed by atoms with van der Waals surface area (Å²) in [6, 6.07) is 0. The molecule has 15 heavy (non-hydrogen) atoms. The van der Waals surface area contributed by atoms with Gasteiger partial charge in [-0.25, -0.2) is 0 Å². The Kier molecular flexibility index (Phi) is 4.65. The molecule has 0 aliphatic heterocycles. The minimum absolute atomic E-state index is 0.0383. The predicted molar refractivity (Wildman–Crippen MR) is 62.0 cm³/mol. The van der Waals surface area contributed by atoms with Crippen molar-refractivity contribution in [2.24, 2.45) is 5.92 Å². The van der Waals surface area contributed by atoms with Crippen LogP contribution in [0.5, 0.6) is 0 Å². The van der Waals surface area contributed by atoms with Crippen LogP contribution in [-0.4, -0.2) is 17.8 Å². The highest BCUT2D eigenvalue weighted by molar-refractivity contribution is 6.33. The molecule has 0 saturated heterocycles. The lowest BCUT2D eigenvalue weighted by Crippen LogP contribution is -2.26. The normalized spacial score (nSPS) is 17.3. The lowest BCUT2D eigenvalue weighted by molar-refractivity contribution is -0.121. The van der Waals surface area contributed by atoms with Gasteiger partial charge in [-0.1, -0.05) is 13.8 Å². The second-order valence-corrected chi connectivity index (χ2v) is 4.61. The van der Waals surface area contributed by atoms with E-state index in [1.54, 1.807) is 0 Å². The monoisotopic (exact) mass is 230 g/mol. The fraction of sp³-hybridized carbons (Fsp3) is 0.750. The van der Waals surface area contributed by atoms with Crippen LogP contribution in [0.3, 0.4) is 0 Å². The van der Waals surface area contributed by atoms with Crippen LogP contribution < -0.4 is 0 Å². The van der Waals surface area contributed by atoms with Gasteiger partial charge in [0.2, 0.25) is 0 Å². The number of ether oxygens (including phenoxy) is 1. The van der Waals surface area contributed by atoms with Gasteiger partial charge in [0.25, 0.3) is 0 Å². The molecule has 3 heteroatoms. The molecule has 1 atom stereocenters. The lowest BCUT2D eigenvalue weighted by atomic mass is 9.89. The molecule has 1 aliphatic rings. The standard InChI is InChI=1S/C12H19ClO2/c1-4-15-12(9-6-5-7-9)10(13)11(14)8(2)3/h8,10H,4-7H2,1-3H3. The van der Waals surface area contributed by atoms with Gasteiger partial charge in [-0.15, -0.1) is 11.6 Å². The first kappa shape index (κ1) is 12.6. The van der Waals surface area contributed by atoms with E-state index in [4.69, 9.17) is 16.3 Å². The summed E-state index contributed by atoms with van der Waals surface area (Å²) >= 11 is 6.15. The average Bonchev–Trinajstić information content (AvgIpc) is 2.12. The zero-order chi connectivity index (χ0) is 11.4. The molecular weight excluding hydrogens is 212 g/mol. The molecule has 1 aliphatic carbocycles. The fourth-order valence-corrected chi connectivity index (χ4v) is 2.00. The zero-order valence-corrected chi connectivity index (χ0v) is 10.4. The molecular formula is C12H19ClO2. The summed E-state index contributed by atoms with van der Waals surface area (Å²) in [6.07, 6.45) is 3.25. The summed E-state index contributed by atoms with van der Waals surface area (Å²) in [5, 5.41) is -0.583. The summed E-state index contributed by atoms with van der Waals surface area (Å²) in [4.78, 5) is 11.8. The van der Waals surface area contributed by atoms with Gasteiger partial charge >= 0.3 is 0 Å². The minimum atomic E-state index is -0.583. The molecule has 0 heterocycles. The number of rotatable bonds is 5. The number of halogens is 1. The van der Waals surface area contributed by atoms with Crippen molar-refractivity contribution in [1.82, 2.24) is 0 Å². The van der Waals surface area contributed by atoms with Crippen LogP contribution in [-0.2, 0) is 9.53 Å². The number of alkyl halides is 1. The van der Waals surface area contributed by atoms with E-state index in [9.17, 15) is 4.79 Å². The third kappa shape index (κ3) is 2.97. The van der Waals surface area contributed by atoms with Crippen molar-refractivity contribution in [3.8, 4) is 0 Å². The van der Waals surface area contributed by atoms with Crippen LogP contribution >= 0.6 is 11.6 Å². The van der Waals surface area contributed by atoms with Gasteiger partial charge in [0.1, 0.15) is 11.1 Å². The van der Waals surface area contributed by atoms with Gasteiger partial charge in [0, 0.05) is 5.92 Å². The van der Waals surface area contributed by atoms with Gasteiger partial charge in [0.05, 0.1) is 6.61 Å². The Morgan fingerprint density at radius 2 is 2.07 bits per heavy atom. The highest BCUT2D eigenvalue weighted by atomic mass is 35.5. The number of Topliss-reactive ketones (excluding diaryl/α,β-unsaturated/α-hetero) is 1. The van der Waals surface area contributed by atoms with Crippen LogP contribution in [0.15, 0.2) is 11.3 Å². The van der Waals surface area contributed by atoms with Crippen LogP contribution in [0.1, 0.15) is 40.0 Å². The minimum Gasteiger partial charge on any atom is -0.496 e. The van der Waals surface area contributed by atoms with E-state index in [2.05, 4.69) is 0 Å². The van der Waals surface area contributed by atoms with Crippen molar-refractivity contribution in [3.63, 3.8) is 0 Å². The number of hydrogen-bond acceptors (Lipinski definition) is 2. The van der Waals surface area contributed by atoms with E-state index in [1.807, 2.05) is 20.8 Å². The maximum atomic E-state index is 11.8. The number of allylic oxidation sites excluding steroid dienone is 2. The quantitative estimate of drug-likeness (QED) is 0.535. The molecule has 0 spiro atoms. The molecule has 1 saturated carbocycles. The Balaban J connectivity index is 2.76. The smallest absolute Gasteiger partial charge is 0.160 e. The Morgan fingerprint density at radius 1 is 1.47 bits per heavy atom. The van der Waals surface area contributed by atoms with Crippen molar-refractivity contribution in [1.29, 1.82) is 0 Å². The van der Waals surface area contributed by atoms with Crippen LogP contribution in [0.4, 0.5) is 0 Å². The number of ketones is 1. The van der Waals surface area contributed by atoms with E-state index in [1.165, 1.54) is 12.0 Å². The van der Waals surface area contributed by atoms with Crippen molar-refractivity contribution in [2.75, 3.05) is 6.61 Å². The maximum absolute atomic E-state index is 11.8. The highest BCUT2D eigenvalue weighted by Crippen LogP contribution is 2.33. The van der Waals surface area contributed by atoms with Gasteiger partial charge in [-0.05, 0) is 31.8 Å². The molecule has 1 rings (SSSR count). The third-order valence-corrected chi connectivity index (χ3v) is 3.07. The lowest BCUT2D eigenvalue weighted by Gasteiger charge is -2.25. The molecule has 1 unspecified atom stereocenters. The van der Waals surface area contributed by atoms with Gasteiger partial charge in [-0.2, -0.15) is 0 Å². The van der Waals surface area contributed by atoms with E-state index in [0.717, 1.165) is 18.6 Å². The summed E-state index contributed by atoms with van der Waals surface area (Å²) < 4.78 is 5.51. The topological polar surface area (TPSA) is 26.3 Å². The molecule has 0 aromatic carbocycles. The second-order valence-electron chi connectivity index (χ2n) is 4.17. The SMILES string of the molecule is CCOC(=C1CCC1)C(Cl)C(=O)C(C)C. The van der Waals surface area contributed by atoms with Crippen LogP contribution in [0.2, 0.25) is 0 Å². The van der Waals surface area contributed by atoms with E-state index < -0.39 is 5.38 Å². The molecule has 0 radical (unpaired) electrons.